The maximum absolute atomic E-state index is 11.4. The number of rotatable bonds is 7. The van der Waals surface area contributed by atoms with Crippen LogP contribution in [-0.2, 0) is 11.2 Å². The SMILES string of the molecule is C=C(/C=N\C(=C/N)N1CCN(c2nnc(Cc3ccccc3)c(C)c2C)C[C@H]1C)C(C)=O. The first-order valence-electron chi connectivity index (χ1n) is 10.9. The van der Waals surface area contributed by atoms with Crippen molar-refractivity contribution in [1.29, 1.82) is 0 Å². The van der Waals surface area contributed by atoms with Gasteiger partial charge in [-0.05, 0) is 44.4 Å². The Bertz CT molecular complexity index is 1040. The number of benzene rings is 1. The Morgan fingerprint density at radius 2 is 1.94 bits per heavy atom. The molecule has 3 rings (SSSR count). The number of carbonyl (C=O) groups excluding carboxylic acids is 1. The molecule has 1 aliphatic heterocycles. The molecule has 168 valence electrons. The molecule has 0 bridgehead atoms. The van der Waals surface area contributed by atoms with Crippen LogP contribution in [0.4, 0.5) is 5.82 Å². The van der Waals surface area contributed by atoms with Gasteiger partial charge in [-0.15, -0.1) is 5.10 Å². The van der Waals surface area contributed by atoms with Crippen molar-refractivity contribution in [2.45, 2.75) is 40.2 Å². The van der Waals surface area contributed by atoms with E-state index in [0.717, 1.165) is 43.1 Å². The van der Waals surface area contributed by atoms with Crippen molar-refractivity contribution in [2.24, 2.45) is 10.7 Å². The molecule has 1 saturated heterocycles. The number of piperazine rings is 1. The molecule has 0 amide bonds. The molecule has 2 heterocycles. The van der Waals surface area contributed by atoms with Crippen molar-refractivity contribution in [1.82, 2.24) is 15.1 Å². The minimum Gasteiger partial charge on any atom is -0.402 e. The summed E-state index contributed by atoms with van der Waals surface area (Å²) in [6.45, 7) is 13.8. The van der Waals surface area contributed by atoms with Gasteiger partial charge in [0.15, 0.2) is 11.6 Å². The molecule has 0 saturated carbocycles. The first kappa shape index (κ1) is 23.2. The highest BCUT2D eigenvalue weighted by Gasteiger charge is 2.27. The molecule has 32 heavy (non-hydrogen) atoms. The predicted molar refractivity (Wildman–Crippen MR) is 130 cm³/mol. The van der Waals surface area contributed by atoms with Gasteiger partial charge in [-0.2, -0.15) is 5.10 Å². The van der Waals surface area contributed by atoms with E-state index in [1.165, 1.54) is 30.5 Å². The van der Waals surface area contributed by atoms with Crippen molar-refractivity contribution in [2.75, 3.05) is 24.5 Å². The minimum atomic E-state index is -0.108. The summed E-state index contributed by atoms with van der Waals surface area (Å²) in [6, 6.07) is 10.5. The molecule has 7 heteroatoms. The third kappa shape index (κ3) is 5.22. The quantitative estimate of drug-likeness (QED) is 0.534. The van der Waals surface area contributed by atoms with E-state index in [-0.39, 0.29) is 11.8 Å². The zero-order chi connectivity index (χ0) is 23.3. The molecule has 2 N–H and O–H groups in total. The Hall–Kier alpha value is -3.48. The summed E-state index contributed by atoms with van der Waals surface area (Å²) in [5.41, 5.74) is 10.8. The van der Waals surface area contributed by atoms with E-state index < -0.39 is 0 Å². The predicted octanol–water partition coefficient (Wildman–Crippen LogP) is 3.17. The van der Waals surface area contributed by atoms with Crippen LogP contribution in [0.5, 0.6) is 0 Å². The number of aliphatic imine (C=N–C) groups is 1. The van der Waals surface area contributed by atoms with E-state index in [4.69, 9.17) is 5.73 Å². The monoisotopic (exact) mass is 432 g/mol. The summed E-state index contributed by atoms with van der Waals surface area (Å²) in [5, 5.41) is 9.17. The lowest BCUT2D eigenvalue weighted by atomic mass is 10.0. The van der Waals surface area contributed by atoms with E-state index in [1.807, 2.05) is 18.2 Å². The first-order chi connectivity index (χ1) is 15.3. The number of allylic oxidation sites excluding steroid dienone is 1. The Balaban J connectivity index is 1.73. The molecule has 0 unspecified atom stereocenters. The van der Waals surface area contributed by atoms with E-state index in [9.17, 15) is 4.79 Å². The number of Topliss-reactive ketones (excluding diaryl/α,β-unsaturated/α-hetero) is 1. The van der Waals surface area contributed by atoms with Crippen LogP contribution in [0.1, 0.15) is 36.2 Å². The highest BCUT2D eigenvalue weighted by Crippen LogP contribution is 2.26. The van der Waals surface area contributed by atoms with Crippen LogP contribution in [0.15, 0.2) is 59.5 Å². The fourth-order valence-corrected chi connectivity index (χ4v) is 3.84. The molecule has 0 spiro atoms. The minimum absolute atomic E-state index is 0.108. The van der Waals surface area contributed by atoms with Crippen molar-refractivity contribution >= 4 is 17.8 Å². The maximum Gasteiger partial charge on any atom is 0.160 e. The van der Waals surface area contributed by atoms with Crippen LogP contribution in [0, 0.1) is 13.8 Å². The van der Waals surface area contributed by atoms with Crippen LogP contribution in [-0.4, -0.2) is 52.8 Å². The Morgan fingerprint density at radius 1 is 1.22 bits per heavy atom. The molecular formula is C25H32N6O. The fraction of sp³-hybridized carbons (Fsp3) is 0.360. The number of nitrogens with zero attached hydrogens (tertiary/aromatic N) is 5. The topological polar surface area (TPSA) is 87.7 Å². The van der Waals surface area contributed by atoms with Gasteiger partial charge in [-0.1, -0.05) is 36.9 Å². The van der Waals surface area contributed by atoms with Gasteiger partial charge in [0, 0.05) is 50.1 Å². The summed E-state index contributed by atoms with van der Waals surface area (Å²) in [7, 11) is 0. The van der Waals surface area contributed by atoms with E-state index in [0.29, 0.717) is 11.4 Å². The van der Waals surface area contributed by atoms with E-state index in [2.05, 4.69) is 64.5 Å². The summed E-state index contributed by atoms with van der Waals surface area (Å²) < 4.78 is 0. The smallest absolute Gasteiger partial charge is 0.160 e. The zero-order valence-corrected chi connectivity index (χ0v) is 19.4. The lowest BCUT2D eigenvalue weighted by Crippen LogP contribution is -2.51. The van der Waals surface area contributed by atoms with Gasteiger partial charge in [0.2, 0.25) is 0 Å². The van der Waals surface area contributed by atoms with Crippen molar-refractivity contribution in [3.63, 3.8) is 0 Å². The zero-order valence-electron chi connectivity index (χ0n) is 19.4. The Morgan fingerprint density at radius 3 is 2.56 bits per heavy atom. The summed E-state index contributed by atoms with van der Waals surface area (Å²) in [4.78, 5) is 20.2. The maximum atomic E-state index is 11.4. The van der Waals surface area contributed by atoms with Gasteiger partial charge in [0.05, 0.1) is 5.69 Å². The van der Waals surface area contributed by atoms with Crippen LogP contribution >= 0.6 is 0 Å². The van der Waals surface area contributed by atoms with E-state index in [1.54, 1.807) is 0 Å². The highest BCUT2D eigenvalue weighted by atomic mass is 16.1. The molecule has 1 aliphatic rings. The number of carbonyl (C=O) groups is 1. The van der Waals surface area contributed by atoms with Crippen molar-refractivity contribution in [3.05, 3.63) is 76.9 Å². The van der Waals surface area contributed by atoms with Gasteiger partial charge in [0.1, 0.15) is 5.82 Å². The Kier molecular flexibility index (Phi) is 7.41. The summed E-state index contributed by atoms with van der Waals surface area (Å²) in [6.07, 6.45) is 3.73. The second-order valence-electron chi connectivity index (χ2n) is 8.24. The molecule has 1 aromatic heterocycles. The third-order valence-corrected chi connectivity index (χ3v) is 5.99. The van der Waals surface area contributed by atoms with Crippen molar-refractivity contribution in [3.8, 4) is 0 Å². The molecule has 2 aromatic rings. The van der Waals surface area contributed by atoms with Crippen molar-refractivity contribution < 1.29 is 4.79 Å². The van der Waals surface area contributed by atoms with Crippen LogP contribution in [0.25, 0.3) is 0 Å². The fourth-order valence-electron chi connectivity index (χ4n) is 3.84. The van der Waals surface area contributed by atoms with Gasteiger partial charge in [-0.25, -0.2) is 4.99 Å². The second kappa shape index (κ2) is 10.2. The average Bonchev–Trinajstić information content (AvgIpc) is 2.78. The largest absolute Gasteiger partial charge is 0.402 e. The van der Waals surface area contributed by atoms with Gasteiger partial charge in [-0.3, -0.25) is 4.79 Å². The Labute approximate surface area is 190 Å². The standard InChI is InChI=1S/C25H32N6O/c1-17(21(5)32)15-27-24(14-26)31-12-11-30(16-18(31)2)25-20(4)19(3)23(28-29-25)13-22-9-7-6-8-10-22/h6-10,14-15,18H,1,11-13,16,26H2,2-5H3/b24-14+,27-15-/t18-/m1/s1. The van der Waals surface area contributed by atoms with Crippen LogP contribution in [0.3, 0.4) is 0 Å². The van der Waals surface area contributed by atoms with Crippen LogP contribution < -0.4 is 10.6 Å². The highest BCUT2D eigenvalue weighted by molar-refractivity contribution is 6.11. The second-order valence-corrected chi connectivity index (χ2v) is 8.24. The summed E-state index contributed by atoms with van der Waals surface area (Å²) in [5.74, 6) is 1.46. The molecule has 1 atom stereocenters. The van der Waals surface area contributed by atoms with Gasteiger partial charge < -0.3 is 15.5 Å². The summed E-state index contributed by atoms with van der Waals surface area (Å²) >= 11 is 0. The van der Waals surface area contributed by atoms with Gasteiger partial charge in [0.25, 0.3) is 0 Å². The van der Waals surface area contributed by atoms with E-state index >= 15 is 0 Å². The number of nitrogens with two attached hydrogens (primary N) is 1. The third-order valence-electron chi connectivity index (χ3n) is 5.99. The molecule has 1 aromatic carbocycles. The number of hydrogen-bond acceptors (Lipinski definition) is 7. The number of aromatic nitrogens is 2. The van der Waals surface area contributed by atoms with Crippen LogP contribution in [0.2, 0.25) is 0 Å². The number of hydrogen-bond donors (Lipinski definition) is 1. The number of ketones is 1. The molecule has 7 nitrogen and oxygen atoms in total. The first-order valence-corrected chi connectivity index (χ1v) is 10.9. The normalized spacial score (nSPS) is 17.1. The lowest BCUT2D eigenvalue weighted by molar-refractivity contribution is -0.113. The lowest BCUT2D eigenvalue weighted by Gasteiger charge is -2.41. The average molecular weight is 433 g/mol. The van der Waals surface area contributed by atoms with Gasteiger partial charge >= 0.3 is 0 Å². The molecule has 0 radical (unpaired) electrons. The molecule has 1 fully saturated rings. The molecular weight excluding hydrogens is 400 g/mol. The number of anilines is 1. The molecule has 0 aliphatic carbocycles.